The van der Waals surface area contributed by atoms with Crippen molar-refractivity contribution < 1.29 is 32.2 Å². The summed E-state index contributed by atoms with van der Waals surface area (Å²) in [6, 6.07) is 12.9. The molecule has 2 aromatic rings. The quantitative estimate of drug-likeness (QED) is 0.725. The number of halogens is 3. The minimum absolute atomic E-state index is 0.180. The van der Waals surface area contributed by atoms with Crippen LogP contribution < -0.4 is 9.47 Å². The van der Waals surface area contributed by atoms with Crippen LogP contribution in [0, 0.1) is 0 Å². The fourth-order valence-corrected chi connectivity index (χ4v) is 1.86. The van der Waals surface area contributed by atoms with Crippen LogP contribution in [0.15, 0.2) is 48.5 Å². The zero-order valence-corrected chi connectivity index (χ0v) is 11.9. The van der Waals surface area contributed by atoms with Gasteiger partial charge in [-0.3, -0.25) is 4.79 Å². The Labute approximate surface area is 130 Å². The average Bonchev–Trinajstić information content (AvgIpc) is 2.50. The van der Waals surface area contributed by atoms with Crippen molar-refractivity contribution in [3.8, 4) is 11.5 Å². The lowest BCUT2D eigenvalue weighted by atomic mass is 10.2. The first-order chi connectivity index (χ1) is 11.0. The lowest BCUT2D eigenvalue weighted by Gasteiger charge is -2.13. The standard InChI is InChI=1S/C16H13F3O4/c17-16(18,19)23-15-7-13(9-21-11-20)6-14(8-15)22-10-12-4-2-1-3-5-12/h1-8,11H,9-10H2. The first kappa shape index (κ1) is 16.7. The molecule has 0 saturated carbocycles. The minimum Gasteiger partial charge on any atom is -0.489 e. The lowest BCUT2D eigenvalue weighted by Crippen LogP contribution is -2.17. The third-order valence-corrected chi connectivity index (χ3v) is 2.74. The molecule has 0 radical (unpaired) electrons. The predicted molar refractivity (Wildman–Crippen MR) is 74.8 cm³/mol. The molecule has 4 nitrogen and oxygen atoms in total. The molecule has 0 atom stereocenters. The summed E-state index contributed by atoms with van der Waals surface area (Å²) in [5, 5.41) is 0. The van der Waals surface area contributed by atoms with Gasteiger partial charge in [-0.05, 0) is 23.3 Å². The number of benzene rings is 2. The third-order valence-electron chi connectivity index (χ3n) is 2.74. The van der Waals surface area contributed by atoms with Gasteiger partial charge in [0.1, 0.15) is 24.7 Å². The molecule has 0 aliphatic carbocycles. The minimum atomic E-state index is -4.82. The fraction of sp³-hybridized carbons (Fsp3) is 0.188. The molecule has 2 rings (SSSR count). The van der Waals surface area contributed by atoms with Crippen LogP contribution >= 0.6 is 0 Å². The summed E-state index contributed by atoms with van der Waals surface area (Å²) < 4.78 is 51.0. The molecule has 7 heteroatoms. The number of rotatable bonds is 7. The van der Waals surface area contributed by atoms with E-state index < -0.39 is 12.1 Å². The van der Waals surface area contributed by atoms with Crippen molar-refractivity contribution in [2.24, 2.45) is 0 Å². The van der Waals surface area contributed by atoms with E-state index in [0.29, 0.717) is 5.56 Å². The molecule has 0 heterocycles. The van der Waals surface area contributed by atoms with Gasteiger partial charge < -0.3 is 14.2 Å². The van der Waals surface area contributed by atoms with Crippen LogP contribution in [0.25, 0.3) is 0 Å². The number of hydrogen-bond donors (Lipinski definition) is 0. The molecule has 0 N–H and O–H groups in total. The Morgan fingerprint density at radius 1 is 0.913 bits per heavy atom. The van der Waals surface area contributed by atoms with E-state index in [0.717, 1.165) is 17.7 Å². The van der Waals surface area contributed by atoms with Crippen LogP contribution in [0.4, 0.5) is 13.2 Å². The van der Waals surface area contributed by atoms with Crippen LogP contribution in [0.5, 0.6) is 11.5 Å². The van der Waals surface area contributed by atoms with Gasteiger partial charge in [-0.25, -0.2) is 0 Å². The van der Waals surface area contributed by atoms with Gasteiger partial charge in [0.2, 0.25) is 0 Å². The maximum atomic E-state index is 12.4. The molecule has 0 fully saturated rings. The SMILES string of the molecule is O=COCc1cc(OCc2ccccc2)cc(OC(F)(F)F)c1. The lowest BCUT2D eigenvalue weighted by molar-refractivity contribution is -0.274. The summed E-state index contributed by atoms with van der Waals surface area (Å²) in [5.41, 5.74) is 1.18. The van der Waals surface area contributed by atoms with E-state index in [1.54, 1.807) is 0 Å². The molecule has 0 aliphatic heterocycles. The number of carbonyl (C=O) groups excluding carboxylic acids is 1. The normalized spacial score (nSPS) is 10.9. The van der Waals surface area contributed by atoms with Gasteiger partial charge in [0, 0.05) is 6.07 Å². The number of alkyl halides is 3. The zero-order chi connectivity index (χ0) is 16.7. The Hall–Kier alpha value is -2.70. The summed E-state index contributed by atoms with van der Waals surface area (Å²) in [6.07, 6.45) is -4.82. The highest BCUT2D eigenvalue weighted by Gasteiger charge is 2.31. The van der Waals surface area contributed by atoms with Crippen LogP contribution in [0.1, 0.15) is 11.1 Å². The Bertz CT molecular complexity index is 642. The van der Waals surface area contributed by atoms with E-state index in [2.05, 4.69) is 9.47 Å². The monoisotopic (exact) mass is 326 g/mol. The molecular formula is C16H13F3O4. The van der Waals surface area contributed by atoms with Gasteiger partial charge in [-0.15, -0.1) is 13.2 Å². The maximum Gasteiger partial charge on any atom is 0.573 e. The summed E-state index contributed by atoms with van der Waals surface area (Å²) in [4.78, 5) is 10.2. The van der Waals surface area contributed by atoms with Gasteiger partial charge >= 0.3 is 6.36 Å². The van der Waals surface area contributed by atoms with E-state index in [4.69, 9.17) is 4.74 Å². The van der Waals surface area contributed by atoms with Crippen LogP contribution in [-0.2, 0) is 22.7 Å². The number of ether oxygens (including phenoxy) is 3. The fourth-order valence-electron chi connectivity index (χ4n) is 1.86. The molecule has 0 saturated heterocycles. The zero-order valence-electron chi connectivity index (χ0n) is 11.9. The smallest absolute Gasteiger partial charge is 0.489 e. The van der Waals surface area contributed by atoms with Crippen molar-refractivity contribution in [3.05, 3.63) is 59.7 Å². The molecule has 0 bridgehead atoms. The van der Waals surface area contributed by atoms with E-state index in [1.165, 1.54) is 6.07 Å². The molecule has 0 amide bonds. The van der Waals surface area contributed by atoms with Crippen molar-refractivity contribution in [2.75, 3.05) is 0 Å². The van der Waals surface area contributed by atoms with Gasteiger partial charge in [-0.2, -0.15) is 0 Å². The average molecular weight is 326 g/mol. The first-order valence-electron chi connectivity index (χ1n) is 6.58. The highest BCUT2D eigenvalue weighted by atomic mass is 19.4. The Kier molecular flexibility index (Phi) is 5.46. The summed E-state index contributed by atoms with van der Waals surface area (Å²) in [7, 11) is 0. The van der Waals surface area contributed by atoms with Crippen molar-refractivity contribution in [1.29, 1.82) is 0 Å². The molecule has 0 aliphatic rings. The topological polar surface area (TPSA) is 44.8 Å². The largest absolute Gasteiger partial charge is 0.573 e. The Morgan fingerprint density at radius 3 is 2.26 bits per heavy atom. The van der Waals surface area contributed by atoms with Gasteiger partial charge in [0.15, 0.2) is 0 Å². The second-order valence-corrected chi connectivity index (χ2v) is 4.54. The second kappa shape index (κ2) is 7.53. The van der Waals surface area contributed by atoms with E-state index >= 15 is 0 Å². The predicted octanol–water partition coefficient (Wildman–Crippen LogP) is 3.84. The molecule has 0 spiro atoms. The van der Waals surface area contributed by atoms with Crippen molar-refractivity contribution >= 4 is 6.47 Å². The summed E-state index contributed by atoms with van der Waals surface area (Å²) >= 11 is 0. The van der Waals surface area contributed by atoms with Crippen molar-refractivity contribution in [3.63, 3.8) is 0 Å². The summed E-state index contributed by atoms with van der Waals surface area (Å²) in [5.74, 6) is -0.257. The Balaban J connectivity index is 2.15. The van der Waals surface area contributed by atoms with Crippen LogP contribution in [-0.4, -0.2) is 12.8 Å². The maximum absolute atomic E-state index is 12.4. The molecule has 122 valence electrons. The molecule has 2 aromatic carbocycles. The molecule has 0 aromatic heterocycles. The summed E-state index contributed by atoms with van der Waals surface area (Å²) in [6.45, 7) is 0.215. The van der Waals surface area contributed by atoms with Crippen LogP contribution in [0.2, 0.25) is 0 Å². The highest BCUT2D eigenvalue weighted by Crippen LogP contribution is 2.29. The molecule has 23 heavy (non-hydrogen) atoms. The van der Waals surface area contributed by atoms with Gasteiger partial charge in [-0.1, -0.05) is 30.3 Å². The number of carbonyl (C=O) groups is 1. The third kappa shape index (κ3) is 5.90. The molecular weight excluding hydrogens is 313 g/mol. The van der Waals surface area contributed by atoms with Crippen molar-refractivity contribution in [1.82, 2.24) is 0 Å². The van der Waals surface area contributed by atoms with Crippen molar-refractivity contribution in [2.45, 2.75) is 19.6 Å². The van der Waals surface area contributed by atoms with E-state index in [9.17, 15) is 18.0 Å². The van der Waals surface area contributed by atoms with E-state index in [1.807, 2.05) is 30.3 Å². The highest BCUT2D eigenvalue weighted by molar-refractivity contribution is 5.41. The second-order valence-electron chi connectivity index (χ2n) is 4.54. The Morgan fingerprint density at radius 2 is 1.61 bits per heavy atom. The first-order valence-corrected chi connectivity index (χ1v) is 6.58. The van der Waals surface area contributed by atoms with E-state index in [-0.39, 0.29) is 25.4 Å². The number of hydrogen-bond acceptors (Lipinski definition) is 4. The van der Waals surface area contributed by atoms with Crippen LogP contribution in [0.3, 0.4) is 0 Å². The van der Waals surface area contributed by atoms with Gasteiger partial charge in [0.05, 0.1) is 0 Å². The van der Waals surface area contributed by atoms with Gasteiger partial charge in [0.25, 0.3) is 6.47 Å². The molecule has 0 unspecified atom stereocenters.